The quantitative estimate of drug-likeness (QED) is 0.817. The Morgan fingerprint density at radius 3 is 2.29 bits per heavy atom. The average molecular weight is 244 g/mol. The lowest BCUT2D eigenvalue weighted by Crippen LogP contribution is -1.99. The molecular formula is C14H16N2S. The van der Waals surface area contributed by atoms with Crippen LogP contribution in [0.3, 0.4) is 0 Å². The van der Waals surface area contributed by atoms with Crippen molar-refractivity contribution in [3.8, 4) is 0 Å². The van der Waals surface area contributed by atoms with Gasteiger partial charge in [0.15, 0.2) is 0 Å². The second-order valence-electron chi connectivity index (χ2n) is 4.52. The Labute approximate surface area is 107 Å². The molecule has 88 valence electrons. The van der Waals surface area contributed by atoms with E-state index in [0.717, 1.165) is 17.9 Å². The lowest BCUT2D eigenvalue weighted by atomic mass is 10.0. The van der Waals surface area contributed by atoms with Crippen LogP contribution in [0.1, 0.15) is 28.2 Å². The Morgan fingerprint density at radius 1 is 1.06 bits per heavy atom. The zero-order valence-corrected chi connectivity index (χ0v) is 11.2. The molecule has 3 heteroatoms. The normalized spacial score (nSPS) is 10.5. The number of aromatic nitrogens is 2. The first-order valence-corrected chi connectivity index (χ1v) is 6.08. The van der Waals surface area contributed by atoms with Gasteiger partial charge in [0.25, 0.3) is 0 Å². The molecule has 1 heterocycles. The summed E-state index contributed by atoms with van der Waals surface area (Å²) in [5, 5.41) is 0. The number of H-pyrrole nitrogens is 1. The summed E-state index contributed by atoms with van der Waals surface area (Å²) >= 11 is 5.12. The molecule has 0 bridgehead atoms. The van der Waals surface area contributed by atoms with E-state index in [-0.39, 0.29) is 0 Å². The molecule has 1 N–H and O–H groups in total. The van der Waals surface area contributed by atoms with Crippen LogP contribution in [-0.2, 0) is 6.42 Å². The predicted molar refractivity (Wildman–Crippen MR) is 72.9 cm³/mol. The van der Waals surface area contributed by atoms with Crippen molar-refractivity contribution in [1.82, 2.24) is 9.97 Å². The lowest BCUT2D eigenvalue weighted by molar-refractivity contribution is 0.933. The highest BCUT2D eigenvalue weighted by Crippen LogP contribution is 2.12. The van der Waals surface area contributed by atoms with Gasteiger partial charge in [0.2, 0.25) is 0 Å². The van der Waals surface area contributed by atoms with E-state index in [1.807, 2.05) is 13.0 Å². The third kappa shape index (κ3) is 3.24. The Bertz CT molecular complexity index is 579. The van der Waals surface area contributed by atoms with Crippen molar-refractivity contribution in [3.63, 3.8) is 0 Å². The van der Waals surface area contributed by atoms with Gasteiger partial charge in [-0.3, -0.25) is 0 Å². The number of hydrogen-bond donors (Lipinski definition) is 1. The Hall–Kier alpha value is -1.48. The first kappa shape index (κ1) is 12.0. The van der Waals surface area contributed by atoms with E-state index in [9.17, 15) is 0 Å². The minimum Gasteiger partial charge on any atom is -0.347 e. The minimum atomic E-state index is 0.653. The number of nitrogens with zero attached hydrogens (tertiary/aromatic N) is 1. The standard InChI is InChI=1S/C14H16N2S/c1-9-4-10(2)6-12(5-9)8-13-15-11(3)7-14(17)16-13/h4-7H,8H2,1-3H3,(H,15,16,17). The average Bonchev–Trinajstić information content (AvgIpc) is 2.13. The number of rotatable bonds is 2. The summed E-state index contributed by atoms with van der Waals surface area (Å²) in [6.07, 6.45) is 0.799. The first-order valence-electron chi connectivity index (χ1n) is 5.67. The van der Waals surface area contributed by atoms with Gasteiger partial charge in [0, 0.05) is 12.1 Å². The number of aryl methyl sites for hydroxylation is 3. The molecule has 1 aromatic heterocycles. The maximum atomic E-state index is 5.12. The van der Waals surface area contributed by atoms with Crippen molar-refractivity contribution in [1.29, 1.82) is 0 Å². The summed E-state index contributed by atoms with van der Waals surface area (Å²) in [6, 6.07) is 8.43. The van der Waals surface area contributed by atoms with Crippen LogP contribution in [0.15, 0.2) is 24.3 Å². The minimum absolute atomic E-state index is 0.653. The van der Waals surface area contributed by atoms with Gasteiger partial charge in [0.05, 0.1) is 0 Å². The third-order valence-corrected chi connectivity index (χ3v) is 2.79. The molecule has 0 saturated heterocycles. The predicted octanol–water partition coefficient (Wildman–Crippen LogP) is 3.66. The van der Waals surface area contributed by atoms with Crippen LogP contribution in [-0.4, -0.2) is 9.97 Å². The number of benzene rings is 1. The van der Waals surface area contributed by atoms with Gasteiger partial charge in [-0.15, -0.1) is 0 Å². The van der Waals surface area contributed by atoms with Crippen molar-refractivity contribution in [3.05, 3.63) is 57.1 Å². The molecule has 0 spiro atoms. The van der Waals surface area contributed by atoms with Crippen LogP contribution in [0.5, 0.6) is 0 Å². The lowest BCUT2D eigenvalue weighted by Gasteiger charge is -2.05. The highest BCUT2D eigenvalue weighted by atomic mass is 32.1. The van der Waals surface area contributed by atoms with Crippen molar-refractivity contribution >= 4 is 12.2 Å². The molecule has 2 rings (SSSR count). The Morgan fingerprint density at radius 2 is 1.71 bits per heavy atom. The van der Waals surface area contributed by atoms with Gasteiger partial charge in [-0.05, 0) is 32.4 Å². The molecule has 0 saturated carbocycles. The maximum Gasteiger partial charge on any atom is 0.129 e. The number of aromatic amines is 1. The maximum absolute atomic E-state index is 5.12. The van der Waals surface area contributed by atoms with E-state index >= 15 is 0 Å². The smallest absolute Gasteiger partial charge is 0.129 e. The van der Waals surface area contributed by atoms with Crippen molar-refractivity contribution in [2.24, 2.45) is 0 Å². The van der Waals surface area contributed by atoms with Gasteiger partial charge >= 0.3 is 0 Å². The fraction of sp³-hybridized carbons (Fsp3) is 0.286. The topological polar surface area (TPSA) is 28.7 Å². The van der Waals surface area contributed by atoms with E-state index in [1.165, 1.54) is 16.7 Å². The molecule has 0 amide bonds. The highest BCUT2D eigenvalue weighted by molar-refractivity contribution is 7.71. The van der Waals surface area contributed by atoms with Crippen molar-refractivity contribution in [2.75, 3.05) is 0 Å². The van der Waals surface area contributed by atoms with E-state index < -0.39 is 0 Å². The van der Waals surface area contributed by atoms with Gasteiger partial charge in [0.1, 0.15) is 10.5 Å². The second-order valence-corrected chi connectivity index (χ2v) is 4.94. The molecule has 0 fully saturated rings. The summed E-state index contributed by atoms with van der Waals surface area (Å²) in [6.45, 7) is 6.23. The molecule has 1 aromatic carbocycles. The van der Waals surface area contributed by atoms with Crippen LogP contribution >= 0.6 is 12.2 Å². The SMILES string of the molecule is Cc1cc(C)cc(Cc2nc(=S)cc(C)[nH]2)c1. The largest absolute Gasteiger partial charge is 0.347 e. The van der Waals surface area contributed by atoms with Gasteiger partial charge in [-0.1, -0.05) is 41.5 Å². The highest BCUT2D eigenvalue weighted by Gasteiger charge is 2.01. The summed E-state index contributed by atoms with van der Waals surface area (Å²) in [7, 11) is 0. The third-order valence-electron chi connectivity index (χ3n) is 2.58. The molecule has 0 atom stereocenters. The van der Waals surface area contributed by atoms with Crippen LogP contribution in [0.25, 0.3) is 0 Å². The summed E-state index contributed by atoms with van der Waals surface area (Å²) in [5.41, 5.74) is 4.90. The van der Waals surface area contributed by atoms with E-state index in [2.05, 4.69) is 42.0 Å². The molecule has 17 heavy (non-hydrogen) atoms. The van der Waals surface area contributed by atoms with Gasteiger partial charge < -0.3 is 4.98 Å². The molecule has 0 radical (unpaired) electrons. The van der Waals surface area contributed by atoms with Crippen LogP contribution in [0, 0.1) is 25.4 Å². The summed E-state index contributed by atoms with van der Waals surface area (Å²) in [4.78, 5) is 7.61. The zero-order chi connectivity index (χ0) is 12.4. The molecule has 0 unspecified atom stereocenters. The van der Waals surface area contributed by atoms with Crippen molar-refractivity contribution in [2.45, 2.75) is 27.2 Å². The van der Waals surface area contributed by atoms with E-state index in [1.54, 1.807) is 0 Å². The zero-order valence-electron chi connectivity index (χ0n) is 10.4. The summed E-state index contributed by atoms with van der Waals surface area (Å²) in [5.74, 6) is 0.931. The molecule has 0 aliphatic rings. The number of hydrogen-bond acceptors (Lipinski definition) is 2. The van der Waals surface area contributed by atoms with Crippen LogP contribution < -0.4 is 0 Å². The molecule has 0 aliphatic heterocycles. The monoisotopic (exact) mass is 244 g/mol. The Balaban J connectivity index is 2.34. The van der Waals surface area contributed by atoms with Crippen molar-refractivity contribution < 1.29 is 0 Å². The molecule has 2 nitrogen and oxygen atoms in total. The fourth-order valence-electron chi connectivity index (χ4n) is 2.09. The fourth-order valence-corrected chi connectivity index (χ4v) is 2.38. The molecule has 0 aliphatic carbocycles. The van der Waals surface area contributed by atoms with Gasteiger partial charge in [-0.25, -0.2) is 4.98 Å². The Kier molecular flexibility index (Phi) is 3.38. The number of nitrogens with one attached hydrogen (secondary N) is 1. The second kappa shape index (κ2) is 4.80. The first-order chi connectivity index (χ1) is 8.02. The molecular weight excluding hydrogens is 228 g/mol. The summed E-state index contributed by atoms with van der Waals surface area (Å²) < 4.78 is 0.653. The van der Waals surface area contributed by atoms with E-state index in [4.69, 9.17) is 12.2 Å². The van der Waals surface area contributed by atoms with Crippen LogP contribution in [0.2, 0.25) is 0 Å². The molecule has 2 aromatic rings. The van der Waals surface area contributed by atoms with E-state index in [0.29, 0.717) is 4.64 Å². The van der Waals surface area contributed by atoms with Crippen LogP contribution in [0.4, 0.5) is 0 Å². The van der Waals surface area contributed by atoms with Gasteiger partial charge in [-0.2, -0.15) is 0 Å².